The fraction of sp³-hybridized carbons (Fsp3) is 0.190. The SMILES string of the molecule is Cc1onc(-c2ccccc2Cl)c1C(=O)N1CCN=C1SCc1ccc([N+](=O)[O-])cc1. The first kappa shape index (κ1) is 21.1. The third kappa shape index (κ3) is 4.33. The van der Waals surface area contributed by atoms with Gasteiger partial charge in [-0.05, 0) is 18.6 Å². The summed E-state index contributed by atoms with van der Waals surface area (Å²) >= 11 is 7.71. The topological polar surface area (TPSA) is 102 Å². The summed E-state index contributed by atoms with van der Waals surface area (Å²) in [6.07, 6.45) is 0. The second kappa shape index (κ2) is 8.91. The molecule has 0 aliphatic carbocycles. The minimum atomic E-state index is -0.434. The number of aryl methyl sites for hydroxylation is 1. The zero-order valence-electron chi connectivity index (χ0n) is 16.4. The average Bonchev–Trinajstić information content (AvgIpc) is 3.39. The number of aliphatic imine (C=N–C) groups is 1. The van der Waals surface area contributed by atoms with Gasteiger partial charge in [0.1, 0.15) is 17.0 Å². The molecule has 0 bridgehead atoms. The Balaban J connectivity index is 1.53. The fourth-order valence-corrected chi connectivity index (χ4v) is 4.42. The summed E-state index contributed by atoms with van der Waals surface area (Å²) in [5.74, 6) is 0.688. The van der Waals surface area contributed by atoms with E-state index in [-0.39, 0.29) is 11.6 Å². The van der Waals surface area contributed by atoms with E-state index < -0.39 is 4.92 Å². The van der Waals surface area contributed by atoms with Crippen molar-refractivity contribution in [3.63, 3.8) is 0 Å². The number of benzene rings is 2. The monoisotopic (exact) mass is 456 g/mol. The Bertz CT molecular complexity index is 1180. The molecule has 8 nitrogen and oxygen atoms in total. The lowest BCUT2D eigenvalue weighted by atomic mass is 10.1. The van der Waals surface area contributed by atoms with Crippen LogP contribution < -0.4 is 0 Å². The van der Waals surface area contributed by atoms with E-state index in [1.807, 2.05) is 6.07 Å². The van der Waals surface area contributed by atoms with Gasteiger partial charge < -0.3 is 4.52 Å². The van der Waals surface area contributed by atoms with Crippen molar-refractivity contribution in [2.24, 2.45) is 4.99 Å². The van der Waals surface area contributed by atoms with Gasteiger partial charge in [-0.1, -0.05) is 58.9 Å². The summed E-state index contributed by atoms with van der Waals surface area (Å²) in [4.78, 5) is 29.8. The maximum absolute atomic E-state index is 13.4. The highest BCUT2D eigenvalue weighted by molar-refractivity contribution is 8.13. The number of halogens is 1. The van der Waals surface area contributed by atoms with Crippen molar-refractivity contribution in [1.82, 2.24) is 10.1 Å². The highest BCUT2D eigenvalue weighted by Crippen LogP contribution is 2.33. The first-order chi connectivity index (χ1) is 15.0. The molecule has 0 N–H and O–H groups in total. The molecule has 1 aromatic heterocycles. The standard InChI is InChI=1S/C21H17ClN4O4S/c1-13-18(19(24-30-13)16-4-2-3-5-17(16)22)20(27)25-11-10-23-21(25)31-12-14-6-8-15(9-7-14)26(28)29/h2-9H,10-12H2,1H3. The van der Waals surface area contributed by atoms with E-state index in [9.17, 15) is 14.9 Å². The fourth-order valence-electron chi connectivity index (χ4n) is 3.20. The minimum absolute atomic E-state index is 0.0406. The minimum Gasteiger partial charge on any atom is -0.360 e. The van der Waals surface area contributed by atoms with E-state index in [2.05, 4.69) is 10.1 Å². The lowest BCUT2D eigenvalue weighted by molar-refractivity contribution is -0.384. The number of aromatic nitrogens is 1. The lowest BCUT2D eigenvalue weighted by Crippen LogP contribution is -2.33. The normalized spacial score (nSPS) is 13.4. The molecule has 10 heteroatoms. The molecule has 0 unspecified atom stereocenters. The molecule has 1 aliphatic heterocycles. The molecule has 0 saturated carbocycles. The van der Waals surface area contributed by atoms with Gasteiger partial charge >= 0.3 is 0 Å². The van der Waals surface area contributed by atoms with Crippen LogP contribution in [-0.4, -0.2) is 39.1 Å². The summed E-state index contributed by atoms with van der Waals surface area (Å²) in [6.45, 7) is 2.64. The van der Waals surface area contributed by atoms with Crippen molar-refractivity contribution in [1.29, 1.82) is 0 Å². The maximum Gasteiger partial charge on any atom is 0.269 e. The van der Waals surface area contributed by atoms with Gasteiger partial charge in [0.25, 0.3) is 11.6 Å². The zero-order chi connectivity index (χ0) is 22.0. The highest BCUT2D eigenvalue weighted by atomic mass is 35.5. The quantitative estimate of drug-likeness (QED) is 0.397. The van der Waals surface area contributed by atoms with Gasteiger partial charge in [-0.25, -0.2) is 0 Å². The number of amidine groups is 1. The molecule has 2 aromatic carbocycles. The molecule has 0 fully saturated rings. The van der Waals surface area contributed by atoms with Crippen LogP contribution >= 0.6 is 23.4 Å². The number of carbonyl (C=O) groups excluding carboxylic acids is 1. The van der Waals surface area contributed by atoms with Crippen molar-refractivity contribution in [3.05, 3.63) is 80.6 Å². The number of hydrogen-bond donors (Lipinski definition) is 0. The van der Waals surface area contributed by atoms with Crippen LogP contribution in [0.1, 0.15) is 21.7 Å². The molecule has 31 heavy (non-hydrogen) atoms. The van der Waals surface area contributed by atoms with Gasteiger partial charge in [0.2, 0.25) is 0 Å². The van der Waals surface area contributed by atoms with Crippen LogP contribution in [0.3, 0.4) is 0 Å². The van der Waals surface area contributed by atoms with Crippen molar-refractivity contribution >= 4 is 40.1 Å². The summed E-state index contributed by atoms with van der Waals surface area (Å²) in [7, 11) is 0. The van der Waals surface area contributed by atoms with E-state index in [4.69, 9.17) is 16.1 Å². The number of non-ortho nitro benzene ring substituents is 1. The second-order valence-electron chi connectivity index (χ2n) is 6.78. The van der Waals surface area contributed by atoms with Crippen molar-refractivity contribution < 1.29 is 14.2 Å². The molecule has 0 saturated heterocycles. The number of hydrogen-bond acceptors (Lipinski definition) is 7. The summed E-state index contributed by atoms with van der Waals surface area (Å²) in [6, 6.07) is 13.5. The Morgan fingerprint density at radius 1 is 1.26 bits per heavy atom. The average molecular weight is 457 g/mol. The molecule has 4 rings (SSSR count). The van der Waals surface area contributed by atoms with Gasteiger partial charge in [0.15, 0.2) is 5.17 Å². The molecular formula is C21H17ClN4O4S. The van der Waals surface area contributed by atoms with E-state index in [1.165, 1.54) is 23.9 Å². The van der Waals surface area contributed by atoms with E-state index >= 15 is 0 Å². The summed E-state index contributed by atoms with van der Waals surface area (Å²) < 4.78 is 5.32. The van der Waals surface area contributed by atoms with Gasteiger partial charge in [-0.15, -0.1) is 0 Å². The van der Waals surface area contributed by atoms with Crippen LogP contribution in [0.2, 0.25) is 5.02 Å². The first-order valence-electron chi connectivity index (χ1n) is 9.39. The maximum atomic E-state index is 13.4. The van der Waals surface area contributed by atoms with E-state index in [1.54, 1.807) is 42.2 Å². The molecule has 1 amide bonds. The van der Waals surface area contributed by atoms with Crippen LogP contribution in [0.4, 0.5) is 5.69 Å². The highest BCUT2D eigenvalue weighted by Gasteiger charge is 2.31. The van der Waals surface area contributed by atoms with Crippen LogP contribution in [0.25, 0.3) is 11.3 Å². The van der Waals surface area contributed by atoms with Crippen LogP contribution in [0.15, 0.2) is 58.0 Å². The van der Waals surface area contributed by atoms with Gasteiger partial charge in [-0.3, -0.25) is 24.8 Å². The van der Waals surface area contributed by atoms with Crippen LogP contribution in [0, 0.1) is 17.0 Å². The van der Waals surface area contributed by atoms with E-state index in [0.717, 1.165) is 5.56 Å². The third-order valence-corrected chi connectivity index (χ3v) is 6.18. The Hall–Kier alpha value is -3.17. The van der Waals surface area contributed by atoms with E-state index in [0.29, 0.717) is 51.6 Å². The van der Waals surface area contributed by atoms with Gasteiger partial charge in [0.05, 0.1) is 16.5 Å². The number of nitro benzene ring substituents is 1. The predicted octanol–water partition coefficient (Wildman–Crippen LogP) is 4.96. The Morgan fingerprint density at radius 3 is 2.71 bits per heavy atom. The second-order valence-corrected chi connectivity index (χ2v) is 8.13. The molecule has 0 atom stereocenters. The van der Waals surface area contributed by atoms with Crippen LogP contribution in [-0.2, 0) is 5.75 Å². The number of rotatable bonds is 5. The molecule has 1 aliphatic rings. The predicted molar refractivity (Wildman–Crippen MR) is 119 cm³/mol. The number of nitro groups is 1. The summed E-state index contributed by atoms with van der Waals surface area (Å²) in [5.41, 5.74) is 2.33. The van der Waals surface area contributed by atoms with Crippen LogP contribution in [0.5, 0.6) is 0 Å². The smallest absolute Gasteiger partial charge is 0.269 e. The van der Waals surface area contributed by atoms with Crippen molar-refractivity contribution in [2.75, 3.05) is 13.1 Å². The first-order valence-corrected chi connectivity index (χ1v) is 10.8. The number of thioether (sulfide) groups is 1. The Morgan fingerprint density at radius 2 is 2.00 bits per heavy atom. The molecular weight excluding hydrogens is 440 g/mol. The zero-order valence-corrected chi connectivity index (χ0v) is 18.0. The molecule has 158 valence electrons. The summed E-state index contributed by atoms with van der Waals surface area (Å²) in [5, 5.41) is 15.9. The Labute approximate surface area is 187 Å². The van der Waals surface area contributed by atoms with Crippen molar-refractivity contribution in [3.8, 4) is 11.3 Å². The number of carbonyl (C=O) groups is 1. The number of nitrogens with zero attached hydrogens (tertiary/aromatic N) is 4. The van der Waals surface area contributed by atoms with Crippen molar-refractivity contribution in [2.45, 2.75) is 12.7 Å². The van der Waals surface area contributed by atoms with Gasteiger partial charge in [0, 0.05) is 30.0 Å². The lowest BCUT2D eigenvalue weighted by Gasteiger charge is -2.18. The Kier molecular flexibility index (Phi) is 6.06. The van der Waals surface area contributed by atoms with Gasteiger partial charge in [-0.2, -0.15) is 0 Å². The number of amides is 1. The molecule has 0 spiro atoms. The molecule has 2 heterocycles. The molecule has 3 aromatic rings. The molecule has 0 radical (unpaired) electrons. The third-order valence-electron chi connectivity index (χ3n) is 4.77. The largest absolute Gasteiger partial charge is 0.360 e.